The van der Waals surface area contributed by atoms with Crippen LogP contribution in [0.15, 0.2) is 67.0 Å². The molecule has 8 nitrogen and oxygen atoms in total. The zero-order valence-electron chi connectivity index (χ0n) is 22.5. The molecule has 0 amide bonds. The van der Waals surface area contributed by atoms with Gasteiger partial charge in [0.25, 0.3) is 0 Å². The van der Waals surface area contributed by atoms with E-state index in [0.717, 1.165) is 21.9 Å². The second-order valence-electron chi connectivity index (χ2n) is 9.48. The maximum Gasteiger partial charge on any atom is 0.336 e. The number of imidazole rings is 1. The van der Waals surface area contributed by atoms with Crippen molar-refractivity contribution in [3.05, 3.63) is 101 Å². The van der Waals surface area contributed by atoms with E-state index in [1.54, 1.807) is 36.7 Å². The normalized spacial score (nSPS) is 11.9. The van der Waals surface area contributed by atoms with Crippen LogP contribution in [0.4, 0.5) is 15.9 Å². The number of aromatic amines is 1. The summed E-state index contributed by atoms with van der Waals surface area (Å²) in [7, 11) is 0. The summed E-state index contributed by atoms with van der Waals surface area (Å²) in [5, 5.41) is 14.9. The van der Waals surface area contributed by atoms with Crippen LogP contribution in [0.3, 0.4) is 0 Å². The lowest BCUT2D eigenvalue weighted by atomic mass is 9.99. The highest BCUT2D eigenvalue weighted by atomic mass is 19.1. The number of nitrogen functional groups attached to an aromatic ring is 1. The Kier molecular flexibility index (Phi) is 7.37. The summed E-state index contributed by atoms with van der Waals surface area (Å²) in [6, 6.07) is 15.3. The summed E-state index contributed by atoms with van der Waals surface area (Å²) >= 11 is 0. The lowest BCUT2D eigenvalue weighted by Gasteiger charge is -2.22. The van der Waals surface area contributed by atoms with Crippen LogP contribution in [0.25, 0.3) is 22.0 Å². The summed E-state index contributed by atoms with van der Waals surface area (Å²) in [5.74, 6) is -0.534. The molecule has 204 valence electrons. The van der Waals surface area contributed by atoms with Gasteiger partial charge in [0.05, 0.1) is 24.1 Å². The molecule has 0 bridgehead atoms. The predicted octanol–water partition coefficient (Wildman–Crippen LogP) is 6.52. The zero-order valence-corrected chi connectivity index (χ0v) is 22.5. The van der Waals surface area contributed by atoms with E-state index in [-0.39, 0.29) is 11.3 Å². The molecule has 0 spiro atoms. The molecule has 1 atom stereocenters. The number of nitrogens with two attached hydrogens (primary N) is 1. The Morgan fingerprint density at radius 3 is 2.73 bits per heavy atom. The van der Waals surface area contributed by atoms with Crippen molar-refractivity contribution in [3.63, 3.8) is 0 Å². The van der Waals surface area contributed by atoms with Crippen LogP contribution in [0, 0.1) is 12.7 Å². The number of hydrogen-bond acceptors (Lipinski definition) is 6. The number of H-pyrrole nitrogens is 1. The number of anilines is 2. The topological polar surface area (TPSA) is 126 Å². The van der Waals surface area contributed by atoms with Crippen LogP contribution in [0.2, 0.25) is 0 Å². The summed E-state index contributed by atoms with van der Waals surface area (Å²) in [6.45, 7) is 5.96. The van der Waals surface area contributed by atoms with Crippen molar-refractivity contribution in [2.45, 2.75) is 33.2 Å². The molecule has 2 aromatic heterocycles. The number of nitrogens with one attached hydrogen (secondary N) is 2. The monoisotopic (exact) mass is 539 g/mol. The van der Waals surface area contributed by atoms with E-state index in [9.17, 15) is 9.90 Å². The number of ether oxygens (including phenoxy) is 1. The fourth-order valence-corrected chi connectivity index (χ4v) is 4.92. The first-order valence-corrected chi connectivity index (χ1v) is 13.0. The molecular formula is C31H30FN5O3. The molecule has 0 radical (unpaired) electrons. The van der Waals surface area contributed by atoms with Crippen LogP contribution in [-0.2, 0) is 6.42 Å². The lowest BCUT2D eigenvalue weighted by molar-refractivity contribution is 0.0697. The molecular weight excluding hydrogens is 509 g/mol. The first kappa shape index (κ1) is 26.7. The van der Waals surface area contributed by atoms with E-state index in [0.29, 0.717) is 47.2 Å². The summed E-state index contributed by atoms with van der Waals surface area (Å²) in [6.07, 6.45) is 3.90. The maximum atomic E-state index is 16.0. The highest BCUT2D eigenvalue weighted by Gasteiger charge is 2.26. The van der Waals surface area contributed by atoms with E-state index in [4.69, 9.17) is 10.5 Å². The van der Waals surface area contributed by atoms with Crippen LogP contribution in [-0.4, -0.2) is 32.6 Å². The molecule has 0 saturated carbocycles. The van der Waals surface area contributed by atoms with Gasteiger partial charge in [-0.2, -0.15) is 0 Å². The van der Waals surface area contributed by atoms with Crippen molar-refractivity contribution >= 4 is 28.2 Å². The molecule has 0 saturated heterocycles. The van der Waals surface area contributed by atoms with Crippen LogP contribution >= 0.6 is 0 Å². The SMILES string of the molecule is CCOc1cc(CC)cc(C(Nc2ccc3c(N)nccc3c2)c2ncc(-c3c(C)cccc3C(=O)O)[nH]2)c1F. The highest BCUT2D eigenvalue weighted by molar-refractivity contribution is 5.96. The van der Waals surface area contributed by atoms with Gasteiger partial charge in [0.15, 0.2) is 11.6 Å². The number of hydrogen-bond donors (Lipinski definition) is 4. The minimum absolute atomic E-state index is 0.151. The fourth-order valence-electron chi connectivity index (χ4n) is 4.92. The van der Waals surface area contributed by atoms with E-state index in [1.807, 2.05) is 51.1 Å². The second-order valence-corrected chi connectivity index (χ2v) is 9.48. The molecule has 40 heavy (non-hydrogen) atoms. The van der Waals surface area contributed by atoms with Gasteiger partial charge < -0.3 is 25.9 Å². The van der Waals surface area contributed by atoms with Crippen molar-refractivity contribution in [1.82, 2.24) is 15.0 Å². The molecule has 0 aliphatic rings. The molecule has 5 N–H and O–H groups in total. The number of carbonyl (C=O) groups is 1. The van der Waals surface area contributed by atoms with Crippen molar-refractivity contribution < 1.29 is 19.0 Å². The molecule has 0 aliphatic heterocycles. The first-order valence-electron chi connectivity index (χ1n) is 13.0. The van der Waals surface area contributed by atoms with E-state index < -0.39 is 17.8 Å². The predicted molar refractivity (Wildman–Crippen MR) is 154 cm³/mol. The Morgan fingerprint density at radius 1 is 1.15 bits per heavy atom. The van der Waals surface area contributed by atoms with E-state index >= 15 is 4.39 Å². The van der Waals surface area contributed by atoms with Crippen LogP contribution in [0.5, 0.6) is 5.75 Å². The molecule has 1 unspecified atom stereocenters. The van der Waals surface area contributed by atoms with Crippen molar-refractivity contribution in [2.24, 2.45) is 0 Å². The summed E-state index contributed by atoms with van der Waals surface area (Å²) in [5.41, 5.74) is 9.98. The Bertz CT molecular complexity index is 1720. The average molecular weight is 540 g/mol. The van der Waals surface area contributed by atoms with Gasteiger partial charge in [-0.1, -0.05) is 25.1 Å². The maximum absolute atomic E-state index is 16.0. The smallest absolute Gasteiger partial charge is 0.336 e. The quantitative estimate of drug-likeness (QED) is 0.168. The average Bonchev–Trinajstić information content (AvgIpc) is 3.42. The third kappa shape index (κ3) is 5.05. The number of fused-ring (bicyclic) bond motifs is 1. The van der Waals surface area contributed by atoms with Crippen molar-refractivity contribution in [3.8, 4) is 17.0 Å². The van der Waals surface area contributed by atoms with Gasteiger partial charge in [0, 0.05) is 28.4 Å². The number of pyridine rings is 1. The number of carboxylic acids is 1. The Labute approximate surface area is 231 Å². The minimum Gasteiger partial charge on any atom is -0.491 e. The van der Waals surface area contributed by atoms with Gasteiger partial charge in [-0.3, -0.25) is 0 Å². The number of carboxylic acid groups (broad SMARTS) is 1. The van der Waals surface area contributed by atoms with E-state index in [1.165, 1.54) is 0 Å². The Hall–Kier alpha value is -4.92. The van der Waals surface area contributed by atoms with Gasteiger partial charge in [-0.05, 0) is 73.2 Å². The lowest BCUT2D eigenvalue weighted by Crippen LogP contribution is -2.17. The molecule has 0 aliphatic carbocycles. The standard InChI is InChI=1S/C31H30FN5O3/c1-4-18-13-23(27(32)25(14-18)40-5-2)28(36-20-9-10-21-19(15-20)11-12-34-29(21)33)30-35-16-24(37-30)26-17(3)7-6-8-22(26)31(38)39/h6-16,28,36H,4-5H2,1-3H3,(H2,33,34)(H,35,37)(H,38,39). The van der Waals surface area contributed by atoms with E-state index in [2.05, 4.69) is 20.3 Å². The highest BCUT2D eigenvalue weighted by Crippen LogP contribution is 2.35. The molecule has 5 rings (SSSR count). The number of benzene rings is 3. The Morgan fingerprint density at radius 2 is 1.98 bits per heavy atom. The number of aromatic carboxylic acids is 1. The third-order valence-corrected chi connectivity index (χ3v) is 6.89. The van der Waals surface area contributed by atoms with Gasteiger partial charge in [0.2, 0.25) is 0 Å². The molecule has 9 heteroatoms. The molecule has 2 heterocycles. The molecule has 0 fully saturated rings. The van der Waals surface area contributed by atoms with Gasteiger partial charge >= 0.3 is 5.97 Å². The molecule has 3 aromatic carbocycles. The number of halogens is 1. The third-order valence-electron chi connectivity index (χ3n) is 6.89. The Balaban J connectivity index is 1.66. The van der Waals surface area contributed by atoms with Crippen molar-refractivity contribution in [1.29, 1.82) is 0 Å². The minimum atomic E-state index is -1.04. The van der Waals surface area contributed by atoms with Gasteiger partial charge in [0.1, 0.15) is 17.7 Å². The van der Waals surface area contributed by atoms with Gasteiger partial charge in [-0.15, -0.1) is 0 Å². The zero-order chi connectivity index (χ0) is 28.4. The number of aryl methyl sites for hydroxylation is 2. The summed E-state index contributed by atoms with van der Waals surface area (Å²) < 4.78 is 21.6. The largest absolute Gasteiger partial charge is 0.491 e. The van der Waals surface area contributed by atoms with Crippen LogP contribution < -0.4 is 15.8 Å². The van der Waals surface area contributed by atoms with Crippen LogP contribution in [0.1, 0.15) is 52.8 Å². The first-order chi connectivity index (χ1) is 19.3. The number of nitrogens with zero attached hydrogens (tertiary/aromatic N) is 2. The number of rotatable bonds is 9. The van der Waals surface area contributed by atoms with Gasteiger partial charge in [-0.25, -0.2) is 19.2 Å². The molecule has 5 aromatic rings. The fraction of sp³-hybridized carbons (Fsp3) is 0.194. The summed E-state index contributed by atoms with van der Waals surface area (Å²) in [4.78, 5) is 24.0. The number of aromatic nitrogens is 3. The van der Waals surface area contributed by atoms with Crippen molar-refractivity contribution in [2.75, 3.05) is 17.7 Å². The second kappa shape index (κ2) is 11.1.